The number of hydrogen-bond acceptors (Lipinski definition) is 5. The molecule has 0 saturated carbocycles. The Morgan fingerprint density at radius 1 is 1.36 bits per heavy atom. The third kappa shape index (κ3) is 3.02. The van der Waals surface area contributed by atoms with E-state index in [1.165, 1.54) is 27.6 Å². The predicted octanol–water partition coefficient (Wildman–Crippen LogP) is 2.70. The average molecular weight is 358 g/mol. The van der Waals surface area contributed by atoms with Crippen LogP contribution in [0.25, 0.3) is 0 Å². The summed E-state index contributed by atoms with van der Waals surface area (Å²) in [7, 11) is 2.10. The standard InChI is InChI=1S/C18H19FN4OS/c1-11-21-17-16(14-7-8-22(2)10-15(14)25-17)18(24)23(11)20-9-12-3-5-13(19)6-4-12/h3-6,9,16-17H,7-8,10H2,1-2H3/b20-9+. The highest BCUT2D eigenvalue weighted by Crippen LogP contribution is 2.48. The van der Waals surface area contributed by atoms with E-state index in [0.29, 0.717) is 5.84 Å². The Hall–Kier alpha value is -1.99. The van der Waals surface area contributed by atoms with Crippen molar-refractivity contribution in [3.8, 4) is 0 Å². The van der Waals surface area contributed by atoms with Crippen LogP contribution in [0.1, 0.15) is 18.9 Å². The Kier molecular flexibility index (Phi) is 4.21. The molecule has 0 aromatic heterocycles. The van der Waals surface area contributed by atoms with Gasteiger partial charge in [0.15, 0.2) is 0 Å². The van der Waals surface area contributed by atoms with Gasteiger partial charge in [-0.15, -0.1) is 11.8 Å². The fourth-order valence-corrected chi connectivity index (χ4v) is 5.01. The van der Waals surface area contributed by atoms with Crippen LogP contribution in [0.2, 0.25) is 0 Å². The van der Waals surface area contributed by atoms with Crippen molar-refractivity contribution in [1.29, 1.82) is 0 Å². The lowest BCUT2D eigenvalue weighted by molar-refractivity contribution is -0.131. The van der Waals surface area contributed by atoms with Crippen molar-refractivity contribution in [1.82, 2.24) is 9.91 Å². The van der Waals surface area contributed by atoms with Crippen molar-refractivity contribution >= 4 is 29.7 Å². The van der Waals surface area contributed by atoms with Gasteiger partial charge < -0.3 is 4.90 Å². The van der Waals surface area contributed by atoms with Gasteiger partial charge in [0.2, 0.25) is 0 Å². The number of hydrazone groups is 1. The SMILES string of the molecule is CC1=NC2SC3=C(CCN(C)C3)C2C(=O)N1/N=C/c1ccc(F)cc1. The highest BCUT2D eigenvalue weighted by atomic mass is 32.2. The van der Waals surface area contributed by atoms with Crippen LogP contribution < -0.4 is 0 Å². The van der Waals surface area contributed by atoms with Crippen molar-refractivity contribution in [2.24, 2.45) is 16.0 Å². The van der Waals surface area contributed by atoms with E-state index >= 15 is 0 Å². The van der Waals surface area contributed by atoms with Crippen LogP contribution in [0.4, 0.5) is 4.39 Å². The molecule has 4 rings (SSSR count). The maximum Gasteiger partial charge on any atom is 0.258 e. The molecule has 3 aliphatic rings. The summed E-state index contributed by atoms with van der Waals surface area (Å²) in [5.74, 6) is 0.0856. The smallest absolute Gasteiger partial charge is 0.258 e. The summed E-state index contributed by atoms with van der Waals surface area (Å²) in [4.78, 5) is 21.3. The molecule has 1 aromatic carbocycles. The topological polar surface area (TPSA) is 48.3 Å². The number of thioether (sulfide) groups is 1. The molecule has 0 radical (unpaired) electrons. The fourth-order valence-electron chi connectivity index (χ4n) is 3.42. The number of likely N-dealkylation sites (N-methyl/N-ethyl adjacent to an activating group) is 1. The van der Waals surface area contributed by atoms with E-state index in [1.807, 2.05) is 0 Å². The fraction of sp³-hybridized carbons (Fsp3) is 0.389. The quantitative estimate of drug-likeness (QED) is 0.764. The van der Waals surface area contributed by atoms with Gasteiger partial charge in [0.05, 0.1) is 12.1 Å². The Labute approximate surface area is 150 Å². The van der Waals surface area contributed by atoms with Gasteiger partial charge in [-0.25, -0.2) is 4.39 Å². The summed E-state index contributed by atoms with van der Waals surface area (Å²) < 4.78 is 13.0. The summed E-state index contributed by atoms with van der Waals surface area (Å²) in [6, 6.07) is 6.01. The minimum atomic E-state index is -0.295. The number of amidine groups is 1. The van der Waals surface area contributed by atoms with E-state index in [0.717, 1.165) is 25.1 Å². The normalized spacial score (nSPS) is 26.9. The van der Waals surface area contributed by atoms with Gasteiger partial charge in [0.1, 0.15) is 17.0 Å². The molecule has 5 nitrogen and oxygen atoms in total. The monoisotopic (exact) mass is 358 g/mol. The number of carbonyl (C=O) groups is 1. The second-order valence-corrected chi connectivity index (χ2v) is 7.76. The number of fused-ring (bicyclic) bond motifs is 2. The number of halogens is 1. The second kappa shape index (κ2) is 6.38. The largest absolute Gasteiger partial charge is 0.301 e. The van der Waals surface area contributed by atoms with Gasteiger partial charge in [0, 0.05) is 18.0 Å². The zero-order chi connectivity index (χ0) is 17.6. The molecule has 2 atom stereocenters. The highest BCUT2D eigenvalue weighted by molar-refractivity contribution is 8.04. The number of nitrogens with zero attached hydrogens (tertiary/aromatic N) is 4. The Morgan fingerprint density at radius 3 is 2.88 bits per heavy atom. The molecule has 0 fully saturated rings. The minimum Gasteiger partial charge on any atom is -0.301 e. The van der Waals surface area contributed by atoms with Crippen molar-refractivity contribution in [2.45, 2.75) is 18.7 Å². The molecule has 1 amide bonds. The van der Waals surface area contributed by atoms with Gasteiger partial charge in [-0.1, -0.05) is 12.1 Å². The molecule has 2 unspecified atom stereocenters. The lowest BCUT2D eigenvalue weighted by atomic mass is 9.91. The first-order valence-electron chi connectivity index (χ1n) is 8.28. The molecular formula is C18H19FN4OS. The maximum absolute atomic E-state index is 13.0. The van der Waals surface area contributed by atoms with Gasteiger partial charge in [0.25, 0.3) is 5.91 Å². The third-order valence-electron chi connectivity index (χ3n) is 4.75. The van der Waals surface area contributed by atoms with E-state index in [4.69, 9.17) is 4.99 Å². The maximum atomic E-state index is 13.0. The number of amides is 1. The van der Waals surface area contributed by atoms with Gasteiger partial charge in [-0.3, -0.25) is 9.79 Å². The summed E-state index contributed by atoms with van der Waals surface area (Å²) in [5, 5.41) is 5.66. The third-order valence-corrected chi connectivity index (χ3v) is 6.04. The van der Waals surface area contributed by atoms with E-state index in [2.05, 4.69) is 17.0 Å². The van der Waals surface area contributed by atoms with Gasteiger partial charge >= 0.3 is 0 Å². The minimum absolute atomic E-state index is 0.0158. The van der Waals surface area contributed by atoms with Crippen molar-refractivity contribution in [2.75, 3.05) is 20.1 Å². The molecule has 130 valence electrons. The van der Waals surface area contributed by atoms with Crippen LogP contribution in [-0.4, -0.2) is 53.4 Å². The van der Waals surface area contributed by atoms with Crippen LogP contribution >= 0.6 is 11.8 Å². The van der Waals surface area contributed by atoms with E-state index in [-0.39, 0.29) is 23.0 Å². The van der Waals surface area contributed by atoms with E-state index in [1.54, 1.807) is 37.0 Å². The van der Waals surface area contributed by atoms with Crippen LogP contribution in [0.5, 0.6) is 0 Å². The summed E-state index contributed by atoms with van der Waals surface area (Å²) >= 11 is 1.72. The van der Waals surface area contributed by atoms with E-state index in [9.17, 15) is 9.18 Å². The second-order valence-electron chi connectivity index (χ2n) is 6.54. The average Bonchev–Trinajstić information content (AvgIpc) is 2.93. The molecule has 0 N–H and O–H groups in total. The first kappa shape index (κ1) is 16.5. The molecule has 1 aromatic rings. The van der Waals surface area contributed by atoms with Crippen molar-refractivity contribution in [3.05, 3.63) is 46.1 Å². The number of carbonyl (C=O) groups excluding carboxylic acids is 1. The predicted molar refractivity (Wildman–Crippen MR) is 98.0 cm³/mol. The van der Waals surface area contributed by atoms with Gasteiger partial charge in [-0.05, 0) is 43.7 Å². The van der Waals surface area contributed by atoms with Crippen molar-refractivity contribution in [3.63, 3.8) is 0 Å². The van der Waals surface area contributed by atoms with Gasteiger partial charge in [-0.2, -0.15) is 10.1 Å². The van der Waals surface area contributed by atoms with Crippen LogP contribution in [0, 0.1) is 11.7 Å². The van der Waals surface area contributed by atoms with E-state index < -0.39 is 0 Å². The summed E-state index contributed by atoms with van der Waals surface area (Å²) in [5.41, 5.74) is 1.97. The summed E-state index contributed by atoms with van der Waals surface area (Å²) in [6.07, 6.45) is 2.48. The first-order chi connectivity index (χ1) is 12.0. The van der Waals surface area contributed by atoms with Crippen molar-refractivity contribution < 1.29 is 9.18 Å². The molecule has 0 aliphatic carbocycles. The molecule has 3 heterocycles. The molecule has 0 spiro atoms. The lowest BCUT2D eigenvalue weighted by Crippen LogP contribution is -2.44. The molecular weight excluding hydrogens is 339 g/mol. The van der Waals surface area contributed by atoms with Crippen LogP contribution in [0.3, 0.4) is 0 Å². The molecule has 3 aliphatic heterocycles. The Bertz CT molecular complexity index is 802. The zero-order valence-corrected chi connectivity index (χ0v) is 15.0. The number of aliphatic imine (C=N–C) groups is 1. The lowest BCUT2D eigenvalue weighted by Gasteiger charge is -2.30. The molecule has 25 heavy (non-hydrogen) atoms. The van der Waals surface area contributed by atoms with Crippen LogP contribution in [-0.2, 0) is 4.79 Å². The zero-order valence-electron chi connectivity index (χ0n) is 14.1. The highest BCUT2D eigenvalue weighted by Gasteiger charge is 2.46. The molecule has 0 bridgehead atoms. The Balaban J connectivity index is 1.59. The first-order valence-corrected chi connectivity index (χ1v) is 9.16. The van der Waals surface area contributed by atoms with Crippen LogP contribution in [0.15, 0.2) is 44.8 Å². The molecule has 0 saturated heterocycles. The number of benzene rings is 1. The Morgan fingerprint density at radius 2 is 2.12 bits per heavy atom. The number of rotatable bonds is 2. The summed E-state index contributed by atoms with van der Waals surface area (Å²) in [6.45, 7) is 3.67. The molecule has 7 heteroatoms. The number of hydrogen-bond donors (Lipinski definition) is 0.